The van der Waals surface area contributed by atoms with E-state index in [-0.39, 0.29) is 6.54 Å². The predicted octanol–water partition coefficient (Wildman–Crippen LogP) is 1.99. The van der Waals surface area contributed by atoms with Crippen molar-refractivity contribution in [3.63, 3.8) is 0 Å². The van der Waals surface area contributed by atoms with Crippen LogP contribution in [0, 0.1) is 11.8 Å². The highest BCUT2D eigenvalue weighted by Crippen LogP contribution is 2.38. The third-order valence-electron chi connectivity index (χ3n) is 4.26. The zero-order valence-corrected chi connectivity index (χ0v) is 13.9. The first-order chi connectivity index (χ1) is 11.2. The Morgan fingerprint density at radius 3 is 2.67 bits per heavy atom. The zero-order valence-electron chi connectivity index (χ0n) is 13.0. The highest BCUT2D eigenvalue weighted by molar-refractivity contribution is 7.09. The molecule has 1 unspecified atom stereocenters. The SMILES string of the molecule is CC(C(=O)NCCc1cccs1)N1C[C@@H](C(F)(F)F)[C@H](C(=O)O)C1. The third-order valence-corrected chi connectivity index (χ3v) is 5.20. The predicted molar refractivity (Wildman–Crippen MR) is 82.7 cm³/mol. The quantitative estimate of drug-likeness (QED) is 0.810. The monoisotopic (exact) mass is 364 g/mol. The Bertz CT molecular complexity index is 577. The van der Waals surface area contributed by atoms with E-state index in [0.29, 0.717) is 13.0 Å². The van der Waals surface area contributed by atoms with Gasteiger partial charge in [0.1, 0.15) is 0 Å². The van der Waals surface area contributed by atoms with Crippen LogP contribution in [0.4, 0.5) is 13.2 Å². The summed E-state index contributed by atoms with van der Waals surface area (Å²) in [7, 11) is 0. The van der Waals surface area contributed by atoms with Gasteiger partial charge in [-0.15, -0.1) is 11.3 Å². The molecule has 0 aliphatic carbocycles. The minimum Gasteiger partial charge on any atom is -0.481 e. The lowest BCUT2D eigenvalue weighted by Gasteiger charge is -2.23. The highest BCUT2D eigenvalue weighted by atomic mass is 32.1. The topological polar surface area (TPSA) is 69.6 Å². The number of aliphatic carboxylic acids is 1. The fraction of sp³-hybridized carbons (Fsp3) is 0.600. The number of hydrogen-bond acceptors (Lipinski definition) is 4. The number of alkyl halides is 3. The molecule has 1 saturated heterocycles. The minimum atomic E-state index is -4.59. The van der Waals surface area contributed by atoms with Crippen molar-refractivity contribution in [1.29, 1.82) is 0 Å². The molecule has 1 aliphatic rings. The van der Waals surface area contributed by atoms with E-state index in [0.717, 1.165) is 4.88 Å². The van der Waals surface area contributed by atoms with Gasteiger partial charge in [0.25, 0.3) is 0 Å². The van der Waals surface area contributed by atoms with Crippen molar-refractivity contribution in [3.05, 3.63) is 22.4 Å². The van der Waals surface area contributed by atoms with Crippen molar-refractivity contribution >= 4 is 23.2 Å². The van der Waals surface area contributed by atoms with Crippen molar-refractivity contribution in [2.75, 3.05) is 19.6 Å². The van der Waals surface area contributed by atoms with Crippen LogP contribution < -0.4 is 5.32 Å². The lowest BCUT2D eigenvalue weighted by atomic mass is 9.96. The number of thiophene rings is 1. The number of halogens is 3. The molecule has 134 valence electrons. The van der Waals surface area contributed by atoms with E-state index >= 15 is 0 Å². The molecule has 1 fully saturated rings. The molecule has 9 heteroatoms. The average molecular weight is 364 g/mol. The Labute approximate surface area is 141 Å². The van der Waals surface area contributed by atoms with Gasteiger partial charge in [-0.05, 0) is 24.8 Å². The van der Waals surface area contributed by atoms with Gasteiger partial charge in [-0.3, -0.25) is 14.5 Å². The lowest BCUT2D eigenvalue weighted by Crippen LogP contribution is -2.45. The van der Waals surface area contributed by atoms with Crippen LogP contribution in [-0.2, 0) is 16.0 Å². The van der Waals surface area contributed by atoms with Gasteiger partial charge in [-0.2, -0.15) is 13.2 Å². The van der Waals surface area contributed by atoms with Gasteiger partial charge in [-0.1, -0.05) is 6.07 Å². The maximum absolute atomic E-state index is 13.0. The number of carbonyl (C=O) groups is 2. The van der Waals surface area contributed by atoms with Crippen LogP contribution in [0.15, 0.2) is 17.5 Å². The van der Waals surface area contributed by atoms with Crippen LogP contribution in [0.25, 0.3) is 0 Å². The Kier molecular flexibility index (Phi) is 5.87. The Hall–Kier alpha value is -1.61. The molecule has 1 aromatic rings. The largest absolute Gasteiger partial charge is 0.481 e. The maximum atomic E-state index is 13.0. The first kappa shape index (κ1) is 18.7. The highest BCUT2D eigenvalue weighted by Gasteiger charge is 2.53. The van der Waals surface area contributed by atoms with Crippen molar-refractivity contribution in [3.8, 4) is 0 Å². The minimum absolute atomic E-state index is 0.279. The molecule has 0 saturated carbocycles. The van der Waals surface area contributed by atoms with E-state index in [1.54, 1.807) is 11.3 Å². The van der Waals surface area contributed by atoms with Crippen molar-refractivity contribution in [2.45, 2.75) is 25.6 Å². The first-order valence-corrected chi connectivity index (χ1v) is 8.41. The fourth-order valence-electron chi connectivity index (χ4n) is 2.81. The molecule has 0 aromatic carbocycles. The molecule has 5 nitrogen and oxygen atoms in total. The Morgan fingerprint density at radius 1 is 1.46 bits per heavy atom. The molecule has 1 aromatic heterocycles. The molecule has 1 amide bonds. The van der Waals surface area contributed by atoms with Crippen LogP contribution >= 0.6 is 11.3 Å². The van der Waals surface area contributed by atoms with E-state index < -0.39 is 42.5 Å². The van der Waals surface area contributed by atoms with E-state index in [2.05, 4.69) is 5.32 Å². The number of carboxylic acids is 1. The molecule has 1 aliphatic heterocycles. The normalized spacial score (nSPS) is 23.2. The van der Waals surface area contributed by atoms with E-state index in [1.807, 2.05) is 17.5 Å². The smallest absolute Gasteiger partial charge is 0.393 e. The summed E-state index contributed by atoms with van der Waals surface area (Å²) >= 11 is 1.56. The summed E-state index contributed by atoms with van der Waals surface area (Å²) in [5.41, 5.74) is 0. The Balaban J connectivity index is 1.90. The summed E-state index contributed by atoms with van der Waals surface area (Å²) in [4.78, 5) is 25.6. The van der Waals surface area contributed by atoms with Gasteiger partial charge in [0.05, 0.1) is 17.9 Å². The molecule has 2 heterocycles. The summed E-state index contributed by atoms with van der Waals surface area (Å²) < 4.78 is 38.9. The van der Waals surface area contributed by atoms with Gasteiger partial charge >= 0.3 is 12.1 Å². The molecule has 0 spiro atoms. The third kappa shape index (κ3) is 4.47. The number of rotatable bonds is 6. The average Bonchev–Trinajstić information content (AvgIpc) is 3.14. The van der Waals surface area contributed by atoms with Crippen LogP contribution in [0.2, 0.25) is 0 Å². The molecule has 0 radical (unpaired) electrons. The standard InChI is InChI=1S/C15H19F3N2O3S/c1-9(13(21)19-5-4-10-3-2-6-24-10)20-7-11(14(22)23)12(8-20)15(16,17)18/h2-3,6,9,11-12H,4-5,7-8H2,1H3,(H,19,21)(H,22,23)/t9?,11-,12-/m1/s1. The summed E-state index contributed by atoms with van der Waals surface area (Å²) in [6.45, 7) is 1.14. The second-order valence-corrected chi connectivity index (χ2v) is 6.88. The van der Waals surface area contributed by atoms with Gasteiger partial charge in [0.2, 0.25) is 5.91 Å². The van der Waals surface area contributed by atoms with Crippen molar-refractivity contribution < 1.29 is 27.9 Å². The molecular weight excluding hydrogens is 345 g/mol. The number of nitrogens with one attached hydrogen (secondary N) is 1. The first-order valence-electron chi connectivity index (χ1n) is 7.53. The second kappa shape index (κ2) is 7.52. The second-order valence-electron chi connectivity index (χ2n) is 5.84. The number of carboxylic acid groups (broad SMARTS) is 1. The van der Waals surface area contributed by atoms with Gasteiger partial charge in [0.15, 0.2) is 0 Å². The Morgan fingerprint density at radius 2 is 2.17 bits per heavy atom. The zero-order chi connectivity index (χ0) is 17.9. The number of nitrogens with zero attached hydrogens (tertiary/aromatic N) is 1. The van der Waals surface area contributed by atoms with Crippen molar-refractivity contribution in [1.82, 2.24) is 10.2 Å². The van der Waals surface area contributed by atoms with E-state index in [1.165, 1.54) is 11.8 Å². The number of amides is 1. The van der Waals surface area contributed by atoms with Gasteiger partial charge in [0, 0.05) is 24.5 Å². The molecule has 24 heavy (non-hydrogen) atoms. The number of hydrogen-bond donors (Lipinski definition) is 2. The summed E-state index contributed by atoms with van der Waals surface area (Å²) in [5.74, 6) is -5.36. The van der Waals surface area contributed by atoms with E-state index in [9.17, 15) is 22.8 Å². The van der Waals surface area contributed by atoms with Crippen LogP contribution in [0.5, 0.6) is 0 Å². The molecule has 2 N–H and O–H groups in total. The molecular formula is C15H19F3N2O3S. The van der Waals surface area contributed by atoms with E-state index in [4.69, 9.17) is 5.11 Å². The fourth-order valence-corrected chi connectivity index (χ4v) is 3.52. The lowest BCUT2D eigenvalue weighted by molar-refractivity contribution is -0.188. The van der Waals surface area contributed by atoms with Gasteiger partial charge in [-0.25, -0.2) is 0 Å². The summed E-state index contributed by atoms with van der Waals surface area (Å²) in [6, 6.07) is 3.03. The summed E-state index contributed by atoms with van der Waals surface area (Å²) in [6.07, 6.45) is -3.94. The summed E-state index contributed by atoms with van der Waals surface area (Å²) in [5, 5.41) is 13.6. The molecule has 3 atom stereocenters. The number of carbonyl (C=O) groups excluding carboxylic acids is 1. The number of likely N-dealkylation sites (tertiary alicyclic amines) is 1. The maximum Gasteiger partial charge on any atom is 0.393 e. The van der Waals surface area contributed by atoms with Crippen LogP contribution in [-0.4, -0.2) is 53.7 Å². The van der Waals surface area contributed by atoms with Crippen molar-refractivity contribution in [2.24, 2.45) is 11.8 Å². The van der Waals surface area contributed by atoms with Crippen LogP contribution in [0.3, 0.4) is 0 Å². The molecule has 0 bridgehead atoms. The molecule has 2 rings (SSSR count). The van der Waals surface area contributed by atoms with Gasteiger partial charge < -0.3 is 10.4 Å². The van der Waals surface area contributed by atoms with Crippen LogP contribution in [0.1, 0.15) is 11.8 Å².